The number of aliphatic hydroxyl groups excluding tert-OH is 1. The molecule has 2 N–H and O–H groups in total. The number of aliphatic hydroxyl groups is 1. The van der Waals surface area contributed by atoms with E-state index in [1.807, 2.05) is 24.3 Å². The second-order valence-electron chi connectivity index (χ2n) is 5.87. The number of anilines is 1. The second kappa shape index (κ2) is 8.62. The SMILES string of the molecule is CCC1CCCCC1OCC(O)CNc1cccc(Cl)c1. The topological polar surface area (TPSA) is 41.5 Å². The number of hydrogen-bond donors (Lipinski definition) is 2. The van der Waals surface area contributed by atoms with Gasteiger partial charge in [0.1, 0.15) is 0 Å². The molecule has 118 valence electrons. The Balaban J connectivity index is 1.70. The predicted octanol–water partition coefficient (Wildman–Crippen LogP) is 4.10. The van der Waals surface area contributed by atoms with E-state index in [9.17, 15) is 5.11 Å². The van der Waals surface area contributed by atoms with Crippen molar-refractivity contribution in [1.29, 1.82) is 0 Å². The smallest absolute Gasteiger partial charge is 0.0945 e. The Labute approximate surface area is 132 Å². The fourth-order valence-corrected chi connectivity index (χ4v) is 3.18. The predicted molar refractivity (Wildman–Crippen MR) is 87.9 cm³/mol. The minimum Gasteiger partial charge on any atom is -0.389 e. The molecule has 1 aliphatic rings. The molecule has 0 heterocycles. The monoisotopic (exact) mass is 311 g/mol. The van der Waals surface area contributed by atoms with Gasteiger partial charge >= 0.3 is 0 Å². The summed E-state index contributed by atoms with van der Waals surface area (Å²) in [5.41, 5.74) is 0.922. The van der Waals surface area contributed by atoms with Gasteiger partial charge in [0.15, 0.2) is 0 Å². The Morgan fingerprint density at radius 2 is 2.19 bits per heavy atom. The molecule has 1 aliphatic carbocycles. The summed E-state index contributed by atoms with van der Waals surface area (Å²) in [5, 5.41) is 13.9. The molecule has 3 atom stereocenters. The number of halogens is 1. The lowest BCUT2D eigenvalue weighted by molar-refractivity contribution is -0.0473. The highest BCUT2D eigenvalue weighted by molar-refractivity contribution is 6.30. The van der Waals surface area contributed by atoms with Gasteiger partial charge in [-0.05, 0) is 37.0 Å². The van der Waals surface area contributed by atoms with Gasteiger partial charge in [-0.15, -0.1) is 0 Å². The minimum absolute atomic E-state index is 0.324. The van der Waals surface area contributed by atoms with Crippen LogP contribution in [-0.4, -0.2) is 30.5 Å². The largest absolute Gasteiger partial charge is 0.389 e. The van der Waals surface area contributed by atoms with Crippen molar-refractivity contribution in [3.8, 4) is 0 Å². The summed E-state index contributed by atoms with van der Waals surface area (Å²) in [5.74, 6) is 0.659. The van der Waals surface area contributed by atoms with E-state index in [4.69, 9.17) is 16.3 Å². The van der Waals surface area contributed by atoms with Crippen LogP contribution in [0.4, 0.5) is 5.69 Å². The number of rotatable bonds is 7. The van der Waals surface area contributed by atoms with Gasteiger partial charge in [-0.2, -0.15) is 0 Å². The maximum absolute atomic E-state index is 10.0. The molecule has 3 nitrogen and oxygen atoms in total. The van der Waals surface area contributed by atoms with Crippen LogP contribution in [0.25, 0.3) is 0 Å². The molecule has 1 aromatic carbocycles. The lowest BCUT2D eigenvalue weighted by Gasteiger charge is -2.31. The van der Waals surface area contributed by atoms with E-state index in [1.54, 1.807) is 0 Å². The van der Waals surface area contributed by atoms with Crippen LogP contribution in [-0.2, 0) is 4.74 Å². The van der Waals surface area contributed by atoms with Crippen molar-refractivity contribution in [3.05, 3.63) is 29.3 Å². The second-order valence-corrected chi connectivity index (χ2v) is 6.31. The zero-order chi connectivity index (χ0) is 15.1. The molecule has 0 radical (unpaired) electrons. The molecular weight excluding hydrogens is 286 g/mol. The first-order valence-electron chi connectivity index (χ1n) is 7.98. The number of hydrogen-bond acceptors (Lipinski definition) is 3. The summed E-state index contributed by atoms with van der Waals surface area (Å²) in [6, 6.07) is 7.51. The molecule has 0 saturated heterocycles. The van der Waals surface area contributed by atoms with Crippen LogP contribution in [0.2, 0.25) is 5.02 Å². The van der Waals surface area contributed by atoms with Gasteiger partial charge in [-0.3, -0.25) is 0 Å². The maximum atomic E-state index is 10.0. The summed E-state index contributed by atoms with van der Waals surface area (Å²) in [4.78, 5) is 0. The third-order valence-corrected chi connectivity index (χ3v) is 4.47. The molecule has 21 heavy (non-hydrogen) atoms. The minimum atomic E-state index is -0.497. The van der Waals surface area contributed by atoms with Gasteiger partial charge < -0.3 is 15.2 Å². The highest BCUT2D eigenvalue weighted by Crippen LogP contribution is 2.29. The molecular formula is C17H26ClNO2. The van der Waals surface area contributed by atoms with Crippen molar-refractivity contribution in [2.45, 2.75) is 51.2 Å². The van der Waals surface area contributed by atoms with Crippen molar-refractivity contribution >= 4 is 17.3 Å². The standard InChI is InChI=1S/C17H26ClNO2/c1-2-13-6-3-4-9-17(13)21-12-16(20)11-19-15-8-5-7-14(18)10-15/h5,7-8,10,13,16-17,19-20H,2-4,6,9,11-12H2,1H3. The molecule has 0 spiro atoms. The molecule has 1 fully saturated rings. The van der Waals surface area contributed by atoms with Crippen molar-refractivity contribution in [2.75, 3.05) is 18.5 Å². The van der Waals surface area contributed by atoms with Crippen molar-refractivity contribution < 1.29 is 9.84 Å². The Morgan fingerprint density at radius 3 is 2.95 bits per heavy atom. The van der Waals surface area contributed by atoms with Crippen LogP contribution >= 0.6 is 11.6 Å². The van der Waals surface area contributed by atoms with Crippen molar-refractivity contribution in [2.24, 2.45) is 5.92 Å². The van der Waals surface area contributed by atoms with E-state index in [-0.39, 0.29) is 0 Å². The van der Waals surface area contributed by atoms with Gasteiger partial charge in [-0.1, -0.05) is 43.9 Å². The molecule has 2 rings (SSSR count). The van der Waals surface area contributed by atoms with E-state index in [0.29, 0.717) is 30.2 Å². The summed E-state index contributed by atoms with van der Waals surface area (Å²) in [7, 11) is 0. The van der Waals surface area contributed by atoms with Gasteiger partial charge in [0.25, 0.3) is 0 Å². The van der Waals surface area contributed by atoms with Crippen LogP contribution in [0.5, 0.6) is 0 Å². The third-order valence-electron chi connectivity index (χ3n) is 4.23. The van der Waals surface area contributed by atoms with Crippen LogP contribution < -0.4 is 5.32 Å². The van der Waals surface area contributed by atoms with Gasteiger partial charge in [0.05, 0.1) is 18.8 Å². The number of benzene rings is 1. The van der Waals surface area contributed by atoms with Gasteiger partial charge in [0, 0.05) is 17.3 Å². The lowest BCUT2D eigenvalue weighted by Crippen LogP contribution is -2.32. The Hall–Kier alpha value is -0.770. The molecule has 0 bridgehead atoms. The van der Waals surface area contributed by atoms with Crippen LogP contribution in [0.1, 0.15) is 39.0 Å². The quantitative estimate of drug-likeness (QED) is 0.796. The zero-order valence-electron chi connectivity index (χ0n) is 12.7. The Morgan fingerprint density at radius 1 is 1.38 bits per heavy atom. The Bertz CT molecular complexity index is 427. The Kier molecular flexibility index (Phi) is 6.81. The number of ether oxygens (including phenoxy) is 1. The van der Waals surface area contributed by atoms with Crippen molar-refractivity contribution in [3.63, 3.8) is 0 Å². The summed E-state index contributed by atoms with van der Waals surface area (Å²) < 4.78 is 5.94. The first-order chi connectivity index (χ1) is 10.2. The van der Waals surface area contributed by atoms with E-state index in [0.717, 1.165) is 12.1 Å². The molecule has 1 saturated carbocycles. The fraction of sp³-hybridized carbons (Fsp3) is 0.647. The van der Waals surface area contributed by atoms with Crippen LogP contribution in [0, 0.1) is 5.92 Å². The van der Waals surface area contributed by atoms with E-state index < -0.39 is 6.10 Å². The van der Waals surface area contributed by atoms with E-state index in [2.05, 4.69) is 12.2 Å². The molecule has 1 aromatic rings. The molecule has 3 unspecified atom stereocenters. The molecule has 0 aliphatic heterocycles. The average Bonchev–Trinajstić information content (AvgIpc) is 2.51. The highest BCUT2D eigenvalue weighted by atomic mass is 35.5. The van der Waals surface area contributed by atoms with Crippen molar-refractivity contribution in [1.82, 2.24) is 0 Å². The third kappa shape index (κ3) is 5.50. The summed E-state index contributed by atoms with van der Waals surface area (Å²) in [6.07, 6.45) is 5.95. The van der Waals surface area contributed by atoms with Gasteiger partial charge in [0.2, 0.25) is 0 Å². The number of nitrogens with one attached hydrogen (secondary N) is 1. The first-order valence-corrected chi connectivity index (χ1v) is 8.36. The highest BCUT2D eigenvalue weighted by Gasteiger charge is 2.24. The summed E-state index contributed by atoms with van der Waals surface area (Å²) in [6.45, 7) is 3.10. The van der Waals surface area contributed by atoms with Crippen LogP contribution in [0.3, 0.4) is 0 Å². The summed E-state index contributed by atoms with van der Waals surface area (Å²) >= 11 is 5.93. The average molecular weight is 312 g/mol. The molecule has 0 aromatic heterocycles. The van der Waals surface area contributed by atoms with Crippen LogP contribution in [0.15, 0.2) is 24.3 Å². The zero-order valence-corrected chi connectivity index (χ0v) is 13.5. The van der Waals surface area contributed by atoms with E-state index >= 15 is 0 Å². The lowest BCUT2D eigenvalue weighted by atomic mass is 9.85. The maximum Gasteiger partial charge on any atom is 0.0945 e. The first kappa shape index (κ1) is 16.6. The fourth-order valence-electron chi connectivity index (χ4n) is 2.99. The molecule has 4 heteroatoms. The normalized spacial score (nSPS) is 23.8. The van der Waals surface area contributed by atoms with E-state index in [1.165, 1.54) is 25.7 Å². The van der Waals surface area contributed by atoms with Gasteiger partial charge in [-0.25, -0.2) is 0 Å². The molecule has 0 amide bonds.